The van der Waals surface area contributed by atoms with Gasteiger partial charge in [-0.05, 0) is 30.3 Å². The smallest absolute Gasteiger partial charge is 0.269 e. The summed E-state index contributed by atoms with van der Waals surface area (Å²) in [6, 6.07) is 8.25. The van der Waals surface area contributed by atoms with E-state index in [1.54, 1.807) is 30.5 Å². The second-order valence-electron chi connectivity index (χ2n) is 3.23. The summed E-state index contributed by atoms with van der Waals surface area (Å²) in [6.45, 7) is 0. The van der Waals surface area contributed by atoms with Gasteiger partial charge in [-0.3, -0.25) is 4.79 Å². The van der Waals surface area contributed by atoms with E-state index in [4.69, 9.17) is 5.73 Å². The minimum atomic E-state index is -0.578. The summed E-state index contributed by atoms with van der Waals surface area (Å²) in [7, 11) is 0. The zero-order chi connectivity index (χ0) is 12.3. The van der Waals surface area contributed by atoms with E-state index in [9.17, 15) is 9.59 Å². The Bertz CT molecular complexity index is 594. The molecule has 6 nitrogen and oxygen atoms in total. The molecule has 6 heteroatoms. The summed E-state index contributed by atoms with van der Waals surface area (Å²) in [5, 5.41) is 3.99. The van der Waals surface area contributed by atoms with Gasteiger partial charge in [-0.25, -0.2) is 9.48 Å². The first-order valence-corrected chi connectivity index (χ1v) is 4.74. The summed E-state index contributed by atoms with van der Waals surface area (Å²) in [4.78, 5) is 24.4. The molecular weight excluding hydrogens is 220 g/mol. The predicted molar refractivity (Wildman–Crippen MR) is 59.9 cm³/mol. The molecule has 0 radical (unpaired) electrons. The van der Waals surface area contributed by atoms with E-state index in [1.165, 1.54) is 16.8 Å². The molecule has 0 saturated heterocycles. The van der Waals surface area contributed by atoms with Gasteiger partial charge in [-0.15, -0.1) is 0 Å². The van der Waals surface area contributed by atoms with Crippen molar-refractivity contribution in [1.29, 1.82) is 0 Å². The van der Waals surface area contributed by atoms with Gasteiger partial charge in [-0.1, -0.05) is 0 Å². The molecule has 1 heterocycles. The van der Waals surface area contributed by atoms with E-state index in [0.717, 1.165) is 5.69 Å². The van der Waals surface area contributed by atoms with Crippen LogP contribution in [-0.4, -0.2) is 21.8 Å². The molecule has 2 rings (SSSR count). The van der Waals surface area contributed by atoms with Crippen LogP contribution in [0, 0.1) is 0 Å². The Labute approximate surface area is 96.4 Å². The minimum absolute atomic E-state index is 0.194. The highest BCUT2D eigenvalue weighted by Gasteiger charge is 2.05. The molecular formula is C11H8N4O2. The molecule has 84 valence electrons. The maximum absolute atomic E-state index is 10.9. The number of nitrogens with two attached hydrogens (primary N) is 1. The van der Waals surface area contributed by atoms with E-state index < -0.39 is 5.91 Å². The summed E-state index contributed by atoms with van der Waals surface area (Å²) >= 11 is 0. The van der Waals surface area contributed by atoms with Crippen molar-refractivity contribution in [3.63, 3.8) is 0 Å². The van der Waals surface area contributed by atoms with Crippen molar-refractivity contribution in [3.8, 4) is 5.69 Å². The second-order valence-corrected chi connectivity index (χ2v) is 3.23. The van der Waals surface area contributed by atoms with Crippen molar-refractivity contribution in [2.75, 3.05) is 0 Å². The van der Waals surface area contributed by atoms with Crippen LogP contribution in [0.1, 0.15) is 10.5 Å². The lowest BCUT2D eigenvalue weighted by molar-refractivity contribution is 0.0995. The van der Waals surface area contributed by atoms with Crippen LogP contribution in [0.4, 0.5) is 5.69 Å². The zero-order valence-corrected chi connectivity index (χ0v) is 8.70. The van der Waals surface area contributed by atoms with Crippen LogP contribution in [-0.2, 0) is 4.79 Å². The van der Waals surface area contributed by atoms with Crippen LogP contribution in [0.15, 0.2) is 41.5 Å². The van der Waals surface area contributed by atoms with Crippen molar-refractivity contribution in [1.82, 2.24) is 9.78 Å². The molecule has 1 aromatic carbocycles. The van der Waals surface area contributed by atoms with Crippen LogP contribution >= 0.6 is 0 Å². The molecule has 0 aliphatic rings. The first kappa shape index (κ1) is 10.8. The summed E-state index contributed by atoms with van der Waals surface area (Å²) in [5.74, 6) is -0.578. The molecule has 2 aromatic rings. The Balaban J connectivity index is 2.32. The van der Waals surface area contributed by atoms with Crippen molar-refractivity contribution in [2.24, 2.45) is 10.7 Å². The van der Waals surface area contributed by atoms with Gasteiger partial charge >= 0.3 is 0 Å². The van der Waals surface area contributed by atoms with E-state index >= 15 is 0 Å². The van der Waals surface area contributed by atoms with Gasteiger partial charge < -0.3 is 5.73 Å². The van der Waals surface area contributed by atoms with E-state index in [-0.39, 0.29) is 5.69 Å². The quantitative estimate of drug-likeness (QED) is 0.626. The van der Waals surface area contributed by atoms with E-state index in [1.807, 2.05) is 0 Å². The number of aliphatic imine (C=N–C) groups is 1. The number of nitrogens with zero attached hydrogens (tertiary/aromatic N) is 3. The molecule has 0 bridgehead atoms. The average molecular weight is 228 g/mol. The van der Waals surface area contributed by atoms with Gasteiger partial charge in [0.25, 0.3) is 5.91 Å². The maximum atomic E-state index is 10.9. The third-order valence-electron chi connectivity index (χ3n) is 2.13. The number of rotatable bonds is 3. The molecule has 2 N–H and O–H groups in total. The van der Waals surface area contributed by atoms with Crippen LogP contribution in [0.2, 0.25) is 0 Å². The number of carbonyl (C=O) groups is 1. The fourth-order valence-corrected chi connectivity index (χ4v) is 1.33. The monoisotopic (exact) mass is 228 g/mol. The van der Waals surface area contributed by atoms with Crippen molar-refractivity contribution in [3.05, 3.63) is 42.2 Å². The number of carbonyl (C=O) groups excluding carboxylic acids is 2. The third kappa shape index (κ3) is 2.27. The fraction of sp³-hybridized carbons (Fsp3) is 0. The zero-order valence-electron chi connectivity index (χ0n) is 8.70. The molecule has 0 spiro atoms. The van der Waals surface area contributed by atoms with Crippen LogP contribution in [0.25, 0.3) is 5.69 Å². The fourth-order valence-electron chi connectivity index (χ4n) is 1.33. The highest BCUT2D eigenvalue weighted by atomic mass is 16.1. The number of benzene rings is 1. The Kier molecular flexibility index (Phi) is 2.81. The molecule has 0 aliphatic heterocycles. The molecule has 1 amide bonds. The van der Waals surface area contributed by atoms with Crippen LogP contribution < -0.4 is 5.73 Å². The minimum Gasteiger partial charge on any atom is -0.364 e. The largest absolute Gasteiger partial charge is 0.364 e. The lowest BCUT2D eigenvalue weighted by Gasteiger charge is -2.00. The first-order chi connectivity index (χ1) is 8.20. The van der Waals surface area contributed by atoms with Gasteiger partial charge in [0.1, 0.15) is 5.69 Å². The van der Waals surface area contributed by atoms with Gasteiger partial charge in [-0.2, -0.15) is 10.1 Å². The molecule has 0 saturated carbocycles. The van der Waals surface area contributed by atoms with Crippen molar-refractivity contribution in [2.45, 2.75) is 0 Å². The summed E-state index contributed by atoms with van der Waals surface area (Å²) in [5.41, 5.74) is 6.53. The lowest BCUT2D eigenvalue weighted by atomic mass is 10.3. The number of aromatic nitrogens is 2. The number of hydrogen-bond acceptors (Lipinski definition) is 4. The highest BCUT2D eigenvalue weighted by Crippen LogP contribution is 2.14. The topological polar surface area (TPSA) is 90.3 Å². The Hall–Kier alpha value is -2.72. The van der Waals surface area contributed by atoms with Crippen molar-refractivity contribution >= 4 is 17.7 Å². The summed E-state index contributed by atoms with van der Waals surface area (Å²) < 4.78 is 1.51. The van der Waals surface area contributed by atoms with E-state index in [0.29, 0.717) is 5.69 Å². The highest BCUT2D eigenvalue weighted by molar-refractivity contribution is 5.90. The Morgan fingerprint density at radius 2 is 2.00 bits per heavy atom. The van der Waals surface area contributed by atoms with Gasteiger partial charge in [0.05, 0.1) is 11.4 Å². The molecule has 1 aromatic heterocycles. The molecule has 0 fully saturated rings. The number of amides is 1. The average Bonchev–Trinajstić information content (AvgIpc) is 2.80. The third-order valence-corrected chi connectivity index (χ3v) is 2.13. The van der Waals surface area contributed by atoms with Crippen LogP contribution in [0.3, 0.4) is 0 Å². The van der Waals surface area contributed by atoms with E-state index in [2.05, 4.69) is 10.1 Å². The predicted octanol–water partition coefficient (Wildman–Crippen LogP) is 0.938. The molecule has 0 aliphatic carbocycles. The normalized spacial score (nSPS) is 9.65. The van der Waals surface area contributed by atoms with Crippen molar-refractivity contribution < 1.29 is 9.59 Å². The number of primary amides is 1. The van der Waals surface area contributed by atoms with Gasteiger partial charge in [0, 0.05) is 6.20 Å². The van der Waals surface area contributed by atoms with Gasteiger partial charge in [0.15, 0.2) is 0 Å². The molecule has 17 heavy (non-hydrogen) atoms. The first-order valence-electron chi connectivity index (χ1n) is 4.74. The Morgan fingerprint density at radius 3 is 2.53 bits per heavy atom. The Morgan fingerprint density at radius 1 is 1.29 bits per heavy atom. The molecule has 0 unspecified atom stereocenters. The lowest BCUT2D eigenvalue weighted by Crippen LogP contribution is -2.12. The second kappa shape index (κ2) is 4.42. The maximum Gasteiger partial charge on any atom is 0.269 e. The molecule has 0 atom stereocenters. The standard InChI is InChI=1S/C11H8N4O2/c12-11(17)10-5-6-15(14-10)9-3-1-8(2-4-9)13-7-16/h1-6H,(H2,12,17). The SMILES string of the molecule is NC(=O)c1ccn(-c2ccc(N=C=O)cc2)n1. The van der Waals surface area contributed by atoms with Gasteiger partial charge in [0.2, 0.25) is 6.08 Å². The number of hydrogen-bond donors (Lipinski definition) is 1. The summed E-state index contributed by atoms with van der Waals surface area (Å²) in [6.07, 6.45) is 3.08. The number of isocyanates is 1. The van der Waals surface area contributed by atoms with Crippen LogP contribution in [0.5, 0.6) is 0 Å².